The Morgan fingerprint density at radius 3 is 2.63 bits per heavy atom. The fourth-order valence-electron chi connectivity index (χ4n) is 3.56. The summed E-state index contributed by atoms with van der Waals surface area (Å²) in [6, 6.07) is 14.3. The summed E-state index contributed by atoms with van der Waals surface area (Å²) in [4.78, 5) is 7.93. The monoisotopic (exact) mass is 438 g/mol. The third kappa shape index (κ3) is 3.87. The summed E-state index contributed by atoms with van der Waals surface area (Å²) in [5.74, 6) is 2.12. The van der Waals surface area contributed by atoms with Gasteiger partial charge in [-0.15, -0.1) is 21.5 Å². The minimum Gasteiger partial charge on any atom is -0.341 e. The van der Waals surface area contributed by atoms with Gasteiger partial charge >= 0.3 is 0 Å². The highest BCUT2D eigenvalue weighted by Crippen LogP contribution is 2.37. The van der Waals surface area contributed by atoms with Crippen LogP contribution in [0.25, 0.3) is 16.4 Å². The summed E-state index contributed by atoms with van der Waals surface area (Å²) in [5.41, 5.74) is 1.06. The van der Waals surface area contributed by atoms with Crippen LogP contribution in [0.3, 0.4) is 0 Å². The van der Waals surface area contributed by atoms with Gasteiger partial charge in [0.05, 0.1) is 15.8 Å². The lowest BCUT2D eigenvalue weighted by Crippen LogP contribution is -2.31. The highest BCUT2D eigenvalue weighted by Gasteiger charge is 2.25. The molecule has 1 unspecified atom stereocenters. The van der Waals surface area contributed by atoms with Crippen molar-refractivity contribution in [2.45, 2.75) is 36.6 Å². The van der Waals surface area contributed by atoms with Gasteiger partial charge in [-0.1, -0.05) is 41.2 Å². The molecule has 1 aromatic carbocycles. The number of nitrogens with zero attached hydrogens (tertiary/aromatic N) is 6. The predicted octanol–water partition coefficient (Wildman–Crippen LogP) is 5.22. The number of benzene rings is 1. The molecule has 0 N–H and O–H groups in total. The van der Waals surface area contributed by atoms with Crippen LogP contribution in [0.15, 0.2) is 57.5 Å². The summed E-state index contributed by atoms with van der Waals surface area (Å²) in [7, 11) is 0. The highest BCUT2D eigenvalue weighted by atomic mass is 32.2. The first-order valence-electron chi connectivity index (χ1n) is 10.1. The third-order valence-corrected chi connectivity index (χ3v) is 6.98. The molecule has 154 valence electrons. The number of piperidine rings is 1. The van der Waals surface area contributed by atoms with Gasteiger partial charge in [-0.3, -0.25) is 4.57 Å². The SMILES string of the molecule is CC(Sc1nnc(N2CCCCC2)n1-c1ccccc1)c1nc(-c2cccs2)no1. The average molecular weight is 439 g/mol. The van der Waals surface area contributed by atoms with Crippen molar-refractivity contribution in [1.29, 1.82) is 0 Å². The van der Waals surface area contributed by atoms with Crippen LogP contribution in [0.2, 0.25) is 0 Å². The summed E-state index contributed by atoms with van der Waals surface area (Å²) in [5, 5.41) is 16.0. The van der Waals surface area contributed by atoms with Gasteiger partial charge in [0.25, 0.3) is 0 Å². The Morgan fingerprint density at radius 1 is 1.03 bits per heavy atom. The second kappa shape index (κ2) is 8.61. The van der Waals surface area contributed by atoms with Crippen LogP contribution >= 0.6 is 23.1 Å². The van der Waals surface area contributed by atoms with Crippen molar-refractivity contribution in [1.82, 2.24) is 24.9 Å². The molecule has 1 aliphatic rings. The second-order valence-electron chi connectivity index (χ2n) is 7.19. The lowest BCUT2D eigenvalue weighted by atomic mass is 10.1. The lowest BCUT2D eigenvalue weighted by molar-refractivity contribution is 0.380. The average Bonchev–Trinajstić information content (AvgIpc) is 3.55. The molecule has 0 radical (unpaired) electrons. The molecule has 5 rings (SSSR count). The van der Waals surface area contributed by atoms with E-state index in [0.717, 1.165) is 34.8 Å². The number of hydrogen-bond acceptors (Lipinski definition) is 8. The minimum atomic E-state index is -0.0490. The van der Waals surface area contributed by atoms with E-state index in [4.69, 9.17) is 4.52 Å². The molecule has 1 saturated heterocycles. The summed E-state index contributed by atoms with van der Waals surface area (Å²) < 4.78 is 7.69. The number of thiophene rings is 1. The topological polar surface area (TPSA) is 72.9 Å². The molecule has 4 heterocycles. The Morgan fingerprint density at radius 2 is 1.87 bits per heavy atom. The molecule has 1 fully saturated rings. The normalized spacial score (nSPS) is 15.4. The molecule has 0 aliphatic carbocycles. The minimum absolute atomic E-state index is 0.0490. The van der Waals surface area contributed by atoms with Crippen LogP contribution in [0.1, 0.15) is 37.3 Å². The summed E-state index contributed by atoms with van der Waals surface area (Å²) in [6.07, 6.45) is 3.65. The van der Waals surface area contributed by atoms with E-state index in [-0.39, 0.29) is 5.25 Å². The second-order valence-corrected chi connectivity index (χ2v) is 9.45. The smallest absolute Gasteiger partial charge is 0.240 e. The van der Waals surface area contributed by atoms with E-state index >= 15 is 0 Å². The standard InChI is InChI=1S/C21H22N6OS2/c1-15(19-22-18(25-28-19)17-11-8-14-29-17)30-21-24-23-20(26-12-6-3-7-13-26)27(21)16-9-4-2-5-10-16/h2,4-5,8-11,14-15H,3,6-7,12-13H2,1H3. The zero-order valence-electron chi connectivity index (χ0n) is 16.6. The predicted molar refractivity (Wildman–Crippen MR) is 119 cm³/mol. The zero-order valence-corrected chi connectivity index (χ0v) is 18.3. The van der Waals surface area contributed by atoms with Crippen LogP contribution in [0.5, 0.6) is 0 Å². The van der Waals surface area contributed by atoms with Gasteiger partial charge in [-0.2, -0.15) is 4.98 Å². The van der Waals surface area contributed by atoms with E-state index in [1.165, 1.54) is 19.3 Å². The van der Waals surface area contributed by atoms with Crippen LogP contribution in [0.4, 0.5) is 5.95 Å². The van der Waals surface area contributed by atoms with Gasteiger partial charge in [0, 0.05) is 13.1 Å². The largest absolute Gasteiger partial charge is 0.341 e. The van der Waals surface area contributed by atoms with E-state index in [2.05, 4.69) is 48.9 Å². The molecular weight excluding hydrogens is 416 g/mol. The molecule has 9 heteroatoms. The van der Waals surface area contributed by atoms with Crippen molar-refractivity contribution in [3.05, 3.63) is 53.7 Å². The Balaban J connectivity index is 1.44. The fraction of sp³-hybridized carbons (Fsp3) is 0.333. The first kappa shape index (κ1) is 19.3. The van der Waals surface area contributed by atoms with Crippen molar-refractivity contribution in [3.63, 3.8) is 0 Å². The molecule has 0 spiro atoms. The first-order valence-corrected chi connectivity index (χ1v) is 11.9. The number of rotatable bonds is 6. The number of anilines is 1. The van der Waals surface area contributed by atoms with E-state index in [9.17, 15) is 0 Å². The fourth-order valence-corrected chi connectivity index (χ4v) is 5.10. The van der Waals surface area contributed by atoms with E-state index < -0.39 is 0 Å². The molecule has 3 aromatic heterocycles. The summed E-state index contributed by atoms with van der Waals surface area (Å²) in [6.45, 7) is 4.08. The van der Waals surface area contributed by atoms with Gasteiger partial charge in [0.1, 0.15) is 0 Å². The third-order valence-electron chi connectivity index (χ3n) is 5.08. The molecule has 0 saturated carbocycles. The van der Waals surface area contributed by atoms with E-state index in [1.54, 1.807) is 23.1 Å². The van der Waals surface area contributed by atoms with Crippen molar-refractivity contribution in [2.75, 3.05) is 18.0 Å². The molecule has 0 amide bonds. The van der Waals surface area contributed by atoms with E-state index in [1.807, 2.05) is 35.7 Å². The van der Waals surface area contributed by atoms with Gasteiger partial charge < -0.3 is 9.42 Å². The molecular formula is C21H22N6OS2. The molecule has 7 nitrogen and oxygen atoms in total. The molecule has 1 aliphatic heterocycles. The number of para-hydroxylation sites is 1. The van der Waals surface area contributed by atoms with Crippen LogP contribution in [0, 0.1) is 0 Å². The Bertz CT molecular complexity index is 1090. The maximum Gasteiger partial charge on any atom is 0.240 e. The Hall–Kier alpha value is -2.65. The lowest BCUT2D eigenvalue weighted by Gasteiger charge is -2.27. The van der Waals surface area contributed by atoms with E-state index in [0.29, 0.717) is 11.7 Å². The molecule has 0 bridgehead atoms. The quantitative estimate of drug-likeness (QED) is 0.382. The number of hydrogen-bond donors (Lipinski definition) is 0. The van der Waals surface area contributed by atoms with Gasteiger partial charge in [-0.25, -0.2) is 0 Å². The maximum absolute atomic E-state index is 5.55. The molecule has 1 atom stereocenters. The van der Waals surface area contributed by atoms with Gasteiger partial charge in [-0.05, 0) is 49.8 Å². The Labute approximate surface area is 183 Å². The molecule has 30 heavy (non-hydrogen) atoms. The first-order chi connectivity index (χ1) is 14.8. The van der Waals surface area contributed by atoms with Gasteiger partial charge in [0.15, 0.2) is 5.16 Å². The summed E-state index contributed by atoms with van der Waals surface area (Å²) >= 11 is 3.18. The van der Waals surface area contributed by atoms with Crippen molar-refractivity contribution in [2.24, 2.45) is 0 Å². The van der Waals surface area contributed by atoms with Gasteiger partial charge in [0.2, 0.25) is 17.7 Å². The van der Waals surface area contributed by atoms with Crippen LogP contribution in [-0.4, -0.2) is 38.0 Å². The van der Waals surface area contributed by atoms with Crippen LogP contribution < -0.4 is 4.90 Å². The highest BCUT2D eigenvalue weighted by molar-refractivity contribution is 7.99. The molecule has 4 aromatic rings. The van der Waals surface area contributed by atoms with Crippen molar-refractivity contribution < 1.29 is 4.52 Å². The van der Waals surface area contributed by atoms with Crippen LogP contribution in [-0.2, 0) is 0 Å². The number of thioether (sulfide) groups is 1. The number of aromatic nitrogens is 5. The van der Waals surface area contributed by atoms with Crippen molar-refractivity contribution in [3.8, 4) is 16.4 Å². The van der Waals surface area contributed by atoms with Crippen molar-refractivity contribution >= 4 is 29.0 Å². The Kier molecular flexibility index (Phi) is 5.54. The zero-order chi connectivity index (χ0) is 20.3. The maximum atomic E-state index is 5.55.